The molecule has 20 heavy (non-hydrogen) atoms. The summed E-state index contributed by atoms with van der Waals surface area (Å²) in [4.78, 5) is 5.89. The maximum atomic E-state index is 5.76. The summed E-state index contributed by atoms with van der Waals surface area (Å²) in [6.45, 7) is 0. The Kier molecular flexibility index (Phi) is 2.51. The molecule has 4 heterocycles. The monoisotopic (exact) mass is 300 g/mol. The smallest absolute Gasteiger partial charge is 0.235 e. The Bertz CT molecular complexity index is 876. The second kappa shape index (κ2) is 4.36. The van der Waals surface area contributed by atoms with Crippen LogP contribution in [-0.2, 0) is 0 Å². The third-order valence-electron chi connectivity index (χ3n) is 2.75. The molecular formula is C12H8N6S2. The molecule has 8 heteroatoms. The van der Waals surface area contributed by atoms with Crippen molar-refractivity contribution in [1.29, 1.82) is 0 Å². The number of nitrogens with two attached hydrogens (primary N) is 1. The van der Waals surface area contributed by atoms with Crippen LogP contribution in [0.3, 0.4) is 0 Å². The van der Waals surface area contributed by atoms with Gasteiger partial charge in [-0.3, -0.25) is 4.98 Å². The minimum atomic E-state index is 0.695. The standard InChI is InChI=1S/C12H8N6S2/c13-9-4-3-8(19-9)11-17-18-10(15-16-12(18)20-11)7-2-1-5-14-6-7/h1-6H,13H2. The van der Waals surface area contributed by atoms with Crippen LogP contribution in [0.15, 0.2) is 36.7 Å². The van der Waals surface area contributed by atoms with Gasteiger partial charge in [-0.25, -0.2) is 0 Å². The molecule has 4 aromatic rings. The fraction of sp³-hybridized carbons (Fsp3) is 0. The van der Waals surface area contributed by atoms with Crippen molar-refractivity contribution in [2.45, 2.75) is 0 Å². The zero-order valence-electron chi connectivity index (χ0n) is 10.1. The number of anilines is 1. The van der Waals surface area contributed by atoms with Gasteiger partial charge in [0.1, 0.15) is 0 Å². The van der Waals surface area contributed by atoms with Gasteiger partial charge in [0.25, 0.3) is 0 Å². The van der Waals surface area contributed by atoms with Crippen LogP contribution in [0.4, 0.5) is 5.00 Å². The van der Waals surface area contributed by atoms with E-state index in [1.807, 2.05) is 24.3 Å². The van der Waals surface area contributed by atoms with E-state index >= 15 is 0 Å². The number of nitrogens with zero attached hydrogens (tertiary/aromatic N) is 5. The third-order valence-corrected chi connectivity index (χ3v) is 4.73. The van der Waals surface area contributed by atoms with Crippen molar-refractivity contribution in [3.8, 4) is 21.3 Å². The van der Waals surface area contributed by atoms with E-state index in [4.69, 9.17) is 5.73 Å². The molecule has 0 fully saturated rings. The van der Waals surface area contributed by atoms with E-state index in [0.717, 1.165) is 25.4 Å². The summed E-state index contributed by atoms with van der Waals surface area (Å²) >= 11 is 3.00. The predicted octanol–water partition coefficient (Wildman–Crippen LogP) is 2.56. The fourth-order valence-electron chi connectivity index (χ4n) is 1.86. The first-order chi connectivity index (χ1) is 9.81. The summed E-state index contributed by atoms with van der Waals surface area (Å²) in [5.41, 5.74) is 6.65. The highest BCUT2D eigenvalue weighted by molar-refractivity contribution is 7.25. The molecule has 4 aromatic heterocycles. The van der Waals surface area contributed by atoms with E-state index < -0.39 is 0 Å². The molecule has 0 saturated carbocycles. The van der Waals surface area contributed by atoms with E-state index in [1.165, 1.54) is 22.7 Å². The lowest BCUT2D eigenvalue weighted by Gasteiger charge is -1.94. The average molecular weight is 300 g/mol. The number of hydrogen-bond acceptors (Lipinski definition) is 7. The number of rotatable bonds is 2. The third kappa shape index (κ3) is 1.77. The van der Waals surface area contributed by atoms with Gasteiger partial charge in [0.15, 0.2) is 10.8 Å². The Morgan fingerprint density at radius 2 is 2.05 bits per heavy atom. The second-order valence-corrected chi connectivity index (χ2v) is 6.14. The van der Waals surface area contributed by atoms with Crippen molar-refractivity contribution >= 4 is 32.6 Å². The van der Waals surface area contributed by atoms with Crippen molar-refractivity contribution in [3.05, 3.63) is 36.7 Å². The molecule has 4 rings (SSSR count). The summed E-state index contributed by atoms with van der Waals surface area (Å²) in [6.07, 6.45) is 3.47. The average Bonchev–Trinajstić information content (AvgIpc) is 3.13. The molecule has 0 atom stereocenters. The summed E-state index contributed by atoms with van der Waals surface area (Å²) in [6, 6.07) is 7.65. The van der Waals surface area contributed by atoms with Gasteiger partial charge in [0.05, 0.1) is 9.88 Å². The molecule has 2 N–H and O–H groups in total. The van der Waals surface area contributed by atoms with Gasteiger partial charge in [-0.2, -0.15) is 9.61 Å². The molecule has 0 aromatic carbocycles. The summed E-state index contributed by atoms with van der Waals surface area (Å²) in [5, 5.41) is 14.6. The van der Waals surface area contributed by atoms with E-state index in [-0.39, 0.29) is 0 Å². The van der Waals surface area contributed by atoms with Crippen LogP contribution in [0.25, 0.3) is 26.2 Å². The van der Waals surface area contributed by atoms with E-state index in [9.17, 15) is 0 Å². The molecule has 0 saturated heterocycles. The first-order valence-electron chi connectivity index (χ1n) is 5.79. The fourth-order valence-corrected chi connectivity index (χ4v) is 3.52. The van der Waals surface area contributed by atoms with Crippen molar-refractivity contribution < 1.29 is 0 Å². The molecule has 6 nitrogen and oxygen atoms in total. The number of aromatic nitrogens is 5. The molecule has 0 spiro atoms. The van der Waals surface area contributed by atoms with Gasteiger partial charge in [-0.15, -0.1) is 21.5 Å². The van der Waals surface area contributed by atoms with Crippen LogP contribution >= 0.6 is 22.7 Å². The molecule has 0 aliphatic rings. The Morgan fingerprint density at radius 1 is 1.10 bits per heavy atom. The Balaban J connectivity index is 1.87. The molecule has 0 bridgehead atoms. The lowest BCUT2D eigenvalue weighted by Crippen LogP contribution is -1.90. The number of hydrogen-bond donors (Lipinski definition) is 1. The first-order valence-corrected chi connectivity index (χ1v) is 7.43. The molecule has 0 amide bonds. The zero-order chi connectivity index (χ0) is 13.5. The first kappa shape index (κ1) is 11.5. The summed E-state index contributed by atoms with van der Waals surface area (Å²) < 4.78 is 1.74. The van der Waals surface area contributed by atoms with Crippen LogP contribution in [0, 0.1) is 0 Å². The Hall–Kier alpha value is -2.32. The van der Waals surface area contributed by atoms with Crippen molar-refractivity contribution in [2.24, 2.45) is 0 Å². The van der Waals surface area contributed by atoms with Crippen LogP contribution < -0.4 is 5.73 Å². The van der Waals surface area contributed by atoms with Crippen molar-refractivity contribution in [1.82, 2.24) is 24.8 Å². The zero-order valence-corrected chi connectivity index (χ0v) is 11.7. The van der Waals surface area contributed by atoms with Crippen LogP contribution in [0.2, 0.25) is 0 Å². The van der Waals surface area contributed by atoms with Crippen LogP contribution in [0.1, 0.15) is 0 Å². The largest absolute Gasteiger partial charge is 0.391 e. The molecule has 0 unspecified atom stereocenters. The van der Waals surface area contributed by atoms with Gasteiger partial charge >= 0.3 is 0 Å². The lowest BCUT2D eigenvalue weighted by molar-refractivity contribution is 0.970. The maximum absolute atomic E-state index is 5.76. The van der Waals surface area contributed by atoms with Gasteiger partial charge in [0.2, 0.25) is 4.96 Å². The SMILES string of the molecule is Nc1ccc(-c2nn3c(-c4cccnc4)nnc3s2)s1. The number of thiophene rings is 1. The number of nitrogen functional groups attached to an aromatic ring is 1. The minimum Gasteiger partial charge on any atom is -0.391 e. The number of pyridine rings is 1. The van der Waals surface area contributed by atoms with Crippen molar-refractivity contribution in [2.75, 3.05) is 5.73 Å². The topological polar surface area (TPSA) is 82.0 Å². The van der Waals surface area contributed by atoms with Crippen molar-refractivity contribution in [3.63, 3.8) is 0 Å². The Labute approximate surface area is 121 Å². The van der Waals surface area contributed by atoms with E-state index in [1.54, 1.807) is 16.9 Å². The van der Waals surface area contributed by atoms with E-state index in [0.29, 0.717) is 5.82 Å². The predicted molar refractivity (Wildman–Crippen MR) is 79.6 cm³/mol. The van der Waals surface area contributed by atoms with Gasteiger partial charge < -0.3 is 5.73 Å². The minimum absolute atomic E-state index is 0.695. The maximum Gasteiger partial charge on any atom is 0.235 e. The molecule has 0 radical (unpaired) electrons. The van der Waals surface area contributed by atoms with Gasteiger partial charge in [-0.1, -0.05) is 11.3 Å². The van der Waals surface area contributed by atoms with Gasteiger partial charge in [0, 0.05) is 18.0 Å². The van der Waals surface area contributed by atoms with E-state index in [2.05, 4.69) is 20.3 Å². The molecule has 0 aliphatic heterocycles. The highest BCUT2D eigenvalue weighted by Gasteiger charge is 2.15. The Morgan fingerprint density at radius 3 is 2.80 bits per heavy atom. The summed E-state index contributed by atoms with van der Waals surface area (Å²) in [7, 11) is 0. The molecule has 0 aliphatic carbocycles. The lowest BCUT2D eigenvalue weighted by atomic mass is 10.3. The number of fused-ring (bicyclic) bond motifs is 1. The van der Waals surface area contributed by atoms with Gasteiger partial charge in [-0.05, 0) is 24.3 Å². The summed E-state index contributed by atoms with van der Waals surface area (Å²) in [5.74, 6) is 0.695. The van der Waals surface area contributed by atoms with Crippen LogP contribution in [0.5, 0.6) is 0 Å². The highest BCUT2D eigenvalue weighted by Crippen LogP contribution is 2.33. The molecule has 98 valence electrons. The van der Waals surface area contributed by atoms with Crippen LogP contribution in [-0.4, -0.2) is 24.8 Å². The normalized spacial score (nSPS) is 11.2. The molecular weight excluding hydrogens is 292 g/mol. The second-order valence-electron chi connectivity index (χ2n) is 4.07. The quantitative estimate of drug-likeness (QED) is 0.615. The highest BCUT2D eigenvalue weighted by atomic mass is 32.1.